The maximum atomic E-state index is 10.7. The Morgan fingerprint density at radius 3 is 2.38 bits per heavy atom. The van der Waals surface area contributed by atoms with Crippen LogP contribution in [-0.2, 0) is 14.9 Å². The molecule has 0 unspecified atom stereocenters. The highest BCUT2D eigenvalue weighted by molar-refractivity contribution is 7.85. The molecule has 1 aromatic rings. The van der Waals surface area contributed by atoms with Crippen molar-refractivity contribution in [2.45, 2.75) is 4.90 Å². The van der Waals surface area contributed by atoms with E-state index in [-0.39, 0.29) is 4.90 Å². The maximum absolute atomic E-state index is 10.7. The van der Waals surface area contributed by atoms with E-state index in [2.05, 4.69) is 6.58 Å². The number of hydrogen-bond acceptors (Lipinski definition) is 4. The SMILES string of the molecule is C=COCCOc1ccc(S(=O)(=O)O)cc1. The molecule has 0 bridgehead atoms. The quantitative estimate of drug-likeness (QED) is 0.466. The maximum Gasteiger partial charge on any atom is 0.294 e. The van der Waals surface area contributed by atoms with Gasteiger partial charge in [-0.25, -0.2) is 0 Å². The molecule has 0 fully saturated rings. The van der Waals surface area contributed by atoms with Crippen LogP contribution in [0.4, 0.5) is 0 Å². The summed E-state index contributed by atoms with van der Waals surface area (Å²) in [6.45, 7) is 4.07. The van der Waals surface area contributed by atoms with Crippen molar-refractivity contribution in [2.24, 2.45) is 0 Å². The van der Waals surface area contributed by atoms with Gasteiger partial charge < -0.3 is 9.47 Å². The molecule has 1 aromatic carbocycles. The van der Waals surface area contributed by atoms with Crippen molar-refractivity contribution < 1.29 is 22.4 Å². The molecule has 0 radical (unpaired) electrons. The highest BCUT2D eigenvalue weighted by Gasteiger charge is 2.08. The predicted octanol–water partition coefficient (Wildman–Crippen LogP) is 1.47. The van der Waals surface area contributed by atoms with Crippen LogP contribution in [0.25, 0.3) is 0 Å². The van der Waals surface area contributed by atoms with Crippen LogP contribution in [0.5, 0.6) is 5.75 Å². The van der Waals surface area contributed by atoms with Gasteiger partial charge in [-0.05, 0) is 24.3 Å². The lowest BCUT2D eigenvalue weighted by Gasteiger charge is -2.05. The average Bonchev–Trinajstić information content (AvgIpc) is 2.24. The standard InChI is InChI=1S/C10H12O5S/c1-2-14-7-8-15-9-3-5-10(6-4-9)16(11,12)13/h2-6H,1,7-8H2,(H,11,12,13). The smallest absolute Gasteiger partial charge is 0.294 e. The Balaban J connectivity index is 2.55. The summed E-state index contributed by atoms with van der Waals surface area (Å²) in [5, 5.41) is 0. The first-order valence-electron chi connectivity index (χ1n) is 4.47. The van der Waals surface area contributed by atoms with Crippen molar-refractivity contribution in [3.8, 4) is 5.75 Å². The van der Waals surface area contributed by atoms with Crippen molar-refractivity contribution in [1.29, 1.82) is 0 Å². The highest BCUT2D eigenvalue weighted by atomic mass is 32.2. The fraction of sp³-hybridized carbons (Fsp3) is 0.200. The molecular formula is C10H12O5S. The van der Waals surface area contributed by atoms with Gasteiger partial charge >= 0.3 is 0 Å². The van der Waals surface area contributed by atoms with E-state index in [0.717, 1.165) is 0 Å². The number of hydrogen-bond donors (Lipinski definition) is 1. The summed E-state index contributed by atoms with van der Waals surface area (Å²) in [5.74, 6) is 0.500. The lowest BCUT2D eigenvalue weighted by atomic mass is 10.3. The second-order valence-electron chi connectivity index (χ2n) is 2.83. The summed E-state index contributed by atoms with van der Waals surface area (Å²) < 4.78 is 40.2. The van der Waals surface area contributed by atoms with E-state index in [1.54, 1.807) is 0 Å². The van der Waals surface area contributed by atoms with Crippen molar-refractivity contribution in [1.82, 2.24) is 0 Å². The van der Waals surface area contributed by atoms with Gasteiger partial charge in [-0.2, -0.15) is 8.42 Å². The topological polar surface area (TPSA) is 72.8 Å². The van der Waals surface area contributed by atoms with E-state index in [0.29, 0.717) is 19.0 Å². The van der Waals surface area contributed by atoms with E-state index < -0.39 is 10.1 Å². The highest BCUT2D eigenvalue weighted by Crippen LogP contribution is 2.15. The molecule has 0 heterocycles. The van der Waals surface area contributed by atoms with Gasteiger partial charge in [0.1, 0.15) is 19.0 Å². The minimum Gasteiger partial charge on any atom is -0.498 e. The zero-order chi connectivity index (χ0) is 12.0. The van der Waals surface area contributed by atoms with Crippen LogP contribution in [0, 0.1) is 0 Å². The van der Waals surface area contributed by atoms with Crippen molar-refractivity contribution in [3.63, 3.8) is 0 Å². The third kappa shape index (κ3) is 3.92. The first kappa shape index (κ1) is 12.5. The van der Waals surface area contributed by atoms with Crippen LogP contribution in [0.1, 0.15) is 0 Å². The molecule has 0 amide bonds. The molecule has 6 heteroatoms. The van der Waals surface area contributed by atoms with E-state index in [9.17, 15) is 8.42 Å². The van der Waals surface area contributed by atoms with Gasteiger partial charge in [-0.1, -0.05) is 6.58 Å². The van der Waals surface area contributed by atoms with Crippen LogP contribution < -0.4 is 4.74 Å². The molecule has 0 aliphatic rings. The normalized spacial score (nSPS) is 10.8. The van der Waals surface area contributed by atoms with E-state index in [1.165, 1.54) is 30.5 Å². The molecular weight excluding hydrogens is 232 g/mol. The number of benzene rings is 1. The summed E-state index contributed by atoms with van der Waals surface area (Å²) >= 11 is 0. The van der Waals surface area contributed by atoms with Crippen molar-refractivity contribution in [3.05, 3.63) is 37.1 Å². The van der Waals surface area contributed by atoms with E-state index in [4.69, 9.17) is 14.0 Å². The fourth-order valence-corrected chi connectivity index (χ4v) is 1.48. The Morgan fingerprint density at radius 1 is 1.25 bits per heavy atom. The Kier molecular flexibility index (Phi) is 4.33. The molecule has 88 valence electrons. The summed E-state index contributed by atoms with van der Waals surface area (Å²) in [6, 6.07) is 5.44. The number of ether oxygens (including phenoxy) is 2. The molecule has 1 rings (SSSR count). The van der Waals surface area contributed by atoms with Crippen LogP contribution in [-0.4, -0.2) is 26.2 Å². The fourth-order valence-electron chi connectivity index (χ4n) is 0.999. The van der Waals surface area contributed by atoms with Crippen molar-refractivity contribution >= 4 is 10.1 Å². The van der Waals surface area contributed by atoms with Crippen molar-refractivity contribution in [2.75, 3.05) is 13.2 Å². The second kappa shape index (κ2) is 5.53. The molecule has 0 aromatic heterocycles. The zero-order valence-electron chi connectivity index (χ0n) is 8.50. The molecule has 1 N–H and O–H groups in total. The van der Waals surface area contributed by atoms with E-state index in [1.807, 2.05) is 0 Å². The summed E-state index contributed by atoms with van der Waals surface area (Å²) in [7, 11) is -4.14. The lowest BCUT2D eigenvalue weighted by molar-refractivity contribution is 0.179. The Morgan fingerprint density at radius 2 is 1.88 bits per heavy atom. The average molecular weight is 244 g/mol. The third-order valence-electron chi connectivity index (χ3n) is 1.71. The van der Waals surface area contributed by atoms with Gasteiger partial charge in [0.2, 0.25) is 0 Å². The first-order valence-corrected chi connectivity index (χ1v) is 5.91. The van der Waals surface area contributed by atoms with Crippen LogP contribution >= 0.6 is 0 Å². The molecule has 0 saturated heterocycles. The summed E-state index contributed by atoms with van der Waals surface area (Å²) in [5.41, 5.74) is 0. The first-order chi connectivity index (χ1) is 7.54. The minimum absolute atomic E-state index is 0.165. The number of rotatable bonds is 6. The van der Waals surface area contributed by atoms with Gasteiger partial charge in [0, 0.05) is 0 Å². The second-order valence-corrected chi connectivity index (χ2v) is 4.25. The molecule has 0 aliphatic carbocycles. The Bertz CT molecular complexity index is 435. The van der Waals surface area contributed by atoms with Crippen LogP contribution in [0.3, 0.4) is 0 Å². The lowest BCUT2D eigenvalue weighted by Crippen LogP contribution is -2.04. The molecule has 0 spiro atoms. The predicted molar refractivity (Wildman–Crippen MR) is 57.9 cm³/mol. The third-order valence-corrected chi connectivity index (χ3v) is 2.58. The summed E-state index contributed by atoms with van der Waals surface area (Å²) in [4.78, 5) is -0.165. The monoisotopic (exact) mass is 244 g/mol. The van der Waals surface area contributed by atoms with Gasteiger partial charge in [-0.3, -0.25) is 4.55 Å². The Labute approximate surface area is 94.1 Å². The van der Waals surface area contributed by atoms with Crippen LogP contribution in [0.15, 0.2) is 42.0 Å². The largest absolute Gasteiger partial charge is 0.498 e. The molecule has 16 heavy (non-hydrogen) atoms. The van der Waals surface area contributed by atoms with Gasteiger partial charge in [-0.15, -0.1) is 0 Å². The molecule has 0 saturated carbocycles. The molecule has 0 atom stereocenters. The van der Waals surface area contributed by atoms with Gasteiger partial charge in [0.05, 0.1) is 11.2 Å². The van der Waals surface area contributed by atoms with Gasteiger partial charge in [0.25, 0.3) is 10.1 Å². The molecule has 0 aliphatic heterocycles. The van der Waals surface area contributed by atoms with Gasteiger partial charge in [0.15, 0.2) is 0 Å². The Hall–Kier alpha value is -1.53. The van der Waals surface area contributed by atoms with Crippen LogP contribution in [0.2, 0.25) is 0 Å². The molecule has 5 nitrogen and oxygen atoms in total. The summed E-state index contributed by atoms with van der Waals surface area (Å²) in [6.07, 6.45) is 1.31. The minimum atomic E-state index is -4.14. The zero-order valence-corrected chi connectivity index (χ0v) is 9.31. The van der Waals surface area contributed by atoms with E-state index >= 15 is 0 Å².